The van der Waals surface area contributed by atoms with Gasteiger partial charge in [0, 0.05) is 19.4 Å². The highest BCUT2D eigenvalue weighted by Crippen LogP contribution is 2.30. The second-order valence-electron chi connectivity index (χ2n) is 4.24. The van der Waals surface area contributed by atoms with E-state index in [4.69, 9.17) is 0 Å². The van der Waals surface area contributed by atoms with Gasteiger partial charge >= 0.3 is 0 Å². The van der Waals surface area contributed by atoms with Crippen LogP contribution in [-0.4, -0.2) is 29.0 Å². The monoisotopic (exact) mass is 229 g/mol. The van der Waals surface area contributed by atoms with Crippen LogP contribution in [0.2, 0.25) is 0 Å². The Labute approximate surface area is 96.6 Å². The van der Waals surface area contributed by atoms with Crippen molar-refractivity contribution in [2.75, 3.05) is 12.3 Å². The standard InChI is InChI=1S/C11H19NO2S/c1-3-11(4-2,8-15)7-12-9(13)5-6-10(12)14/h15H,3-8H2,1-2H3. The predicted octanol–water partition coefficient (Wildman–Crippen LogP) is 1.87. The third-order valence-corrected chi connectivity index (χ3v) is 4.15. The van der Waals surface area contributed by atoms with Crippen LogP contribution in [0.4, 0.5) is 0 Å². The van der Waals surface area contributed by atoms with Crippen LogP contribution in [0, 0.1) is 5.41 Å². The van der Waals surface area contributed by atoms with Crippen LogP contribution >= 0.6 is 12.6 Å². The first-order valence-corrected chi connectivity index (χ1v) is 6.16. The maximum absolute atomic E-state index is 11.5. The molecule has 0 spiro atoms. The molecule has 1 heterocycles. The van der Waals surface area contributed by atoms with Gasteiger partial charge in [0.05, 0.1) is 0 Å². The van der Waals surface area contributed by atoms with Gasteiger partial charge in [0.2, 0.25) is 11.8 Å². The van der Waals surface area contributed by atoms with Crippen molar-refractivity contribution in [1.29, 1.82) is 0 Å². The molecule has 0 aromatic rings. The van der Waals surface area contributed by atoms with Crippen LogP contribution in [0.3, 0.4) is 0 Å². The van der Waals surface area contributed by atoms with Crippen molar-refractivity contribution >= 4 is 24.4 Å². The van der Waals surface area contributed by atoms with Crippen molar-refractivity contribution in [3.63, 3.8) is 0 Å². The number of likely N-dealkylation sites (tertiary alicyclic amines) is 1. The maximum Gasteiger partial charge on any atom is 0.229 e. The Bertz CT molecular complexity index is 237. The molecule has 0 N–H and O–H groups in total. The minimum Gasteiger partial charge on any atom is -0.282 e. The summed E-state index contributed by atoms with van der Waals surface area (Å²) in [6.45, 7) is 4.72. The number of rotatable bonds is 5. The van der Waals surface area contributed by atoms with Gasteiger partial charge in [-0.2, -0.15) is 12.6 Å². The molecule has 1 aliphatic heterocycles. The lowest BCUT2D eigenvalue weighted by molar-refractivity contribution is -0.140. The molecule has 1 saturated heterocycles. The maximum atomic E-state index is 11.5. The first-order valence-electron chi connectivity index (χ1n) is 5.52. The normalized spacial score (nSPS) is 17.7. The Morgan fingerprint density at radius 3 is 2.00 bits per heavy atom. The van der Waals surface area contributed by atoms with Gasteiger partial charge < -0.3 is 0 Å². The Hall–Kier alpha value is -0.510. The number of nitrogens with zero attached hydrogens (tertiary/aromatic N) is 1. The van der Waals surface area contributed by atoms with E-state index in [1.165, 1.54) is 4.90 Å². The number of carbonyl (C=O) groups is 2. The van der Waals surface area contributed by atoms with E-state index in [-0.39, 0.29) is 17.2 Å². The van der Waals surface area contributed by atoms with E-state index < -0.39 is 0 Å². The molecule has 0 unspecified atom stereocenters. The Kier molecular flexibility index (Phi) is 4.20. The average Bonchev–Trinajstić information content (AvgIpc) is 2.57. The topological polar surface area (TPSA) is 37.4 Å². The fourth-order valence-corrected chi connectivity index (χ4v) is 2.43. The van der Waals surface area contributed by atoms with Gasteiger partial charge in [0.1, 0.15) is 0 Å². The zero-order valence-corrected chi connectivity index (χ0v) is 10.3. The number of hydrogen-bond donors (Lipinski definition) is 1. The lowest BCUT2D eigenvalue weighted by atomic mass is 9.84. The minimum atomic E-state index is -0.0203. The van der Waals surface area contributed by atoms with Crippen LogP contribution in [0.1, 0.15) is 39.5 Å². The van der Waals surface area contributed by atoms with Gasteiger partial charge in [-0.05, 0) is 24.0 Å². The van der Waals surface area contributed by atoms with E-state index in [2.05, 4.69) is 26.5 Å². The third-order valence-electron chi connectivity index (χ3n) is 3.48. The van der Waals surface area contributed by atoms with Crippen molar-refractivity contribution in [3.8, 4) is 0 Å². The third kappa shape index (κ3) is 2.54. The summed E-state index contributed by atoms with van der Waals surface area (Å²) in [4.78, 5) is 24.4. The average molecular weight is 229 g/mol. The van der Waals surface area contributed by atoms with Crippen molar-refractivity contribution in [2.45, 2.75) is 39.5 Å². The number of thiol groups is 1. The number of hydrogen-bond acceptors (Lipinski definition) is 3. The molecule has 1 rings (SSSR count). The highest BCUT2D eigenvalue weighted by molar-refractivity contribution is 7.80. The second kappa shape index (κ2) is 5.01. The summed E-state index contributed by atoms with van der Waals surface area (Å²) in [6, 6.07) is 0. The number of carbonyl (C=O) groups excluding carboxylic acids is 2. The summed E-state index contributed by atoms with van der Waals surface area (Å²) < 4.78 is 0. The summed E-state index contributed by atoms with van der Waals surface area (Å²) in [7, 11) is 0. The molecule has 0 aromatic carbocycles. The van der Waals surface area contributed by atoms with E-state index >= 15 is 0 Å². The minimum absolute atomic E-state index is 0.00122. The molecule has 0 atom stereocenters. The van der Waals surface area contributed by atoms with Crippen LogP contribution in [-0.2, 0) is 9.59 Å². The lowest BCUT2D eigenvalue weighted by Crippen LogP contribution is -2.41. The first-order chi connectivity index (χ1) is 7.08. The summed E-state index contributed by atoms with van der Waals surface area (Å²) in [5.74, 6) is 0.679. The van der Waals surface area contributed by atoms with Crippen LogP contribution in [0.15, 0.2) is 0 Å². The largest absolute Gasteiger partial charge is 0.282 e. The van der Waals surface area contributed by atoms with E-state index in [1.54, 1.807) is 0 Å². The molecule has 1 aliphatic rings. The predicted molar refractivity (Wildman–Crippen MR) is 62.8 cm³/mol. The molecule has 15 heavy (non-hydrogen) atoms. The molecule has 4 heteroatoms. The highest BCUT2D eigenvalue weighted by atomic mass is 32.1. The number of imide groups is 1. The summed E-state index contributed by atoms with van der Waals surface area (Å²) >= 11 is 4.34. The van der Waals surface area contributed by atoms with Crippen LogP contribution in [0.5, 0.6) is 0 Å². The molecule has 0 bridgehead atoms. The molecule has 0 aliphatic carbocycles. The van der Waals surface area contributed by atoms with Gasteiger partial charge in [-0.3, -0.25) is 14.5 Å². The van der Waals surface area contributed by atoms with Crippen molar-refractivity contribution in [3.05, 3.63) is 0 Å². The van der Waals surface area contributed by atoms with E-state index in [0.717, 1.165) is 18.6 Å². The zero-order valence-electron chi connectivity index (χ0n) is 9.45. The molecule has 0 radical (unpaired) electrons. The Morgan fingerprint density at radius 1 is 1.20 bits per heavy atom. The van der Waals surface area contributed by atoms with E-state index in [0.29, 0.717) is 19.4 Å². The molecule has 0 aromatic heterocycles. The van der Waals surface area contributed by atoms with Crippen LogP contribution < -0.4 is 0 Å². The van der Waals surface area contributed by atoms with Gasteiger partial charge in [-0.25, -0.2) is 0 Å². The number of amides is 2. The van der Waals surface area contributed by atoms with Gasteiger partial charge in [-0.1, -0.05) is 13.8 Å². The zero-order chi connectivity index (χ0) is 11.5. The second-order valence-corrected chi connectivity index (χ2v) is 4.56. The van der Waals surface area contributed by atoms with Crippen molar-refractivity contribution in [1.82, 2.24) is 4.90 Å². The van der Waals surface area contributed by atoms with E-state index in [9.17, 15) is 9.59 Å². The van der Waals surface area contributed by atoms with Crippen molar-refractivity contribution in [2.24, 2.45) is 5.41 Å². The van der Waals surface area contributed by atoms with Gasteiger partial charge in [0.25, 0.3) is 0 Å². The molecule has 2 amide bonds. The van der Waals surface area contributed by atoms with E-state index in [1.807, 2.05) is 0 Å². The van der Waals surface area contributed by atoms with Crippen LogP contribution in [0.25, 0.3) is 0 Å². The molecular weight excluding hydrogens is 210 g/mol. The first kappa shape index (κ1) is 12.6. The summed E-state index contributed by atoms with van der Waals surface area (Å²) in [5.41, 5.74) is -0.00122. The Morgan fingerprint density at radius 2 is 1.67 bits per heavy atom. The molecule has 0 saturated carbocycles. The quantitative estimate of drug-likeness (QED) is 0.577. The fourth-order valence-electron chi connectivity index (χ4n) is 1.88. The summed E-state index contributed by atoms with van der Waals surface area (Å²) in [5, 5.41) is 0. The summed E-state index contributed by atoms with van der Waals surface area (Å²) in [6.07, 6.45) is 2.66. The molecule has 1 fully saturated rings. The van der Waals surface area contributed by atoms with Gasteiger partial charge in [-0.15, -0.1) is 0 Å². The SMILES string of the molecule is CCC(CC)(CS)CN1C(=O)CCC1=O. The van der Waals surface area contributed by atoms with Crippen molar-refractivity contribution < 1.29 is 9.59 Å². The van der Waals surface area contributed by atoms with Gasteiger partial charge in [0.15, 0.2) is 0 Å². The lowest BCUT2D eigenvalue weighted by Gasteiger charge is -2.33. The highest BCUT2D eigenvalue weighted by Gasteiger charge is 2.35. The molecule has 86 valence electrons. The molecule has 3 nitrogen and oxygen atoms in total. The molecular formula is C11H19NO2S. The Balaban J connectivity index is 2.73. The fraction of sp³-hybridized carbons (Fsp3) is 0.818. The smallest absolute Gasteiger partial charge is 0.229 e.